The van der Waals surface area contributed by atoms with Crippen LogP contribution in [0.25, 0.3) is 0 Å². The van der Waals surface area contributed by atoms with Crippen LogP contribution in [-0.2, 0) is 10.0 Å². The molecule has 1 aliphatic heterocycles. The highest BCUT2D eigenvalue weighted by Gasteiger charge is 2.29. The Balaban J connectivity index is 1.55. The summed E-state index contributed by atoms with van der Waals surface area (Å²) in [5.74, 6) is -3.70. The molecule has 2 heterocycles. The average Bonchev–Trinajstić information content (AvgIpc) is 2.92. The Labute approximate surface area is 227 Å². The van der Waals surface area contributed by atoms with Crippen molar-refractivity contribution in [2.75, 3.05) is 50.2 Å². The van der Waals surface area contributed by atoms with Gasteiger partial charge >= 0.3 is 0 Å². The van der Waals surface area contributed by atoms with E-state index in [1.165, 1.54) is 11.4 Å². The highest BCUT2D eigenvalue weighted by Crippen LogP contribution is 2.28. The number of aliphatic hydroxyl groups excluding tert-OH is 1. The zero-order chi connectivity index (χ0) is 28.6. The number of sulfonamides is 1. The van der Waals surface area contributed by atoms with Gasteiger partial charge in [0, 0.05) is 31.4 Å². The third-order valence-electron chi connectivity index (χ3n) is 6.62. The van der Waals surface area contributed by atoms with Crippen molar-refractivity contribution in [3.8, 4) is 5.75 Å². The van der Waals surface area contributed by atoms with Crippen molar-refractivity contribution in [1.82, 2.24) is 19.6 Å². The van der Waals surface area contributed by atoms with Crippen molar-refractivity contribution in [2.24, 2.45) is 0 Å². The molecule has 0 radical (unpaired) electrons. The van der Waals surface area contributed by atoms with Gasteiger partial charge in [0.2, 0.25) is 21.8 Å². The number of nitrogen functional groups attached to an aromatic ring is 1. The molecular weight excluding hydrogens is 534 g/mol. The first-order chi connectivity index (χ1) is 18.6. The lowest BCUT2D eigenvalue weighted by molar-refractivity contribution is 0.103. The number of rotatable bonds is 14. The molecule has 0 unspecified atom stereocenters. The zero-order valence-corrected chi connectivity index (χ0v) is 22.9. The van der Waals surface area contributed by atoms with Crippen LogP contribution in [0.2, 0.25) is 0 Å². The Morgan fingerprint density at radius 2 is 2.03 bits per heavy atom. The molecule has 0 amide bonds. The van der Waals surface area contributed by atoms with Crippen LogP contribution < -0.4 is 21.1 Å². The number of benzene rings is 1. The van der Waals surface area contributed by atoms with Gasteiger partial charge in [0.15, 0.2) is 11.6 Å². The van der Waals surface area contributed by atoms with E-state index in [0.29, 0.717) is 38.9 Å². The van der Waals surface area contributed by atoms with Crippen LogP contribution in [0.3, 0.4) is 0 Å². The van der Waals surface area contributed by atoms with Crippen LogP contribution in [0.15, 0.2) is 18.3 Å². The minimum Gasteiger partial charge on any atom is -0.496 e. The molecule has 5 N–H and O–H groups in total. The number of carbonyl (C=O) groups excluding carboxylic acids is 1. The molecule has 0 aliphatic carbocycles. The van der Waals surface area contributed by atoms with Crippen LogP contribution in [0.5, 0.6) is 5.75 Å². The number of nitrogens with zero attached hydrogens (tertiary/aromatic N) is 3. The number of hydrogen-bond acceptors (Lipinski definition) is 10. The summed E-state index contributed by atoms with van der Waals surface area (Å²) in [5, 5.41) is 15.6. The fraction of sp³-hybridized carbons (Fsp3) is 0.560. The van der Waals surface area contributed by atoms with Crippen LogP contribution >= 0.6 is 0 Å². The van der Waals surface area contributed by atoms with E-state index < -0.39 is 33.0 Å². The number of anilines is 2. The summed E-state index contributed by atoms with van der Waals surface area (Å²) in [6.45, 7) is 3.22. The standard InChI is InChI=1S/C25H36F2N6O5S/c1-3-5-17(15-34)29-10-4-13-39(36,37)33-11-8-16(9-12-33)31-25-30-14-18(24(28)32-25)23(35)21-20(38-2)7-6-19(26)22(21)27/h6-7,14,16-17,29,34H,3-5,8-13,15H2,1-2H3,(H3,28,30,31,32)/t17-/m1/s1. The summed E-state index contributed by atoms with van der Waals surface area (Å²) >= 11 is 0. The Bertz CT molecular complexity index is 1240. The number of nitrogens with one attached hydrogen (secondary N) is 2. The maximum absolute atomic E-state index is 14.4. The second-order valence-electron chi connectivity index (χ2n) is 9.37. The van der Waals surface area contributed by atoms with E-state index in [1.807, 2.05) is 6.92 Å². The van der Waals surface area contributed by atoms with E-state index in [4.69, 9.17) is 10.5 Å². The van der Waals surface area contributed by atoms with Crippen molar-refractivity contribution in [3.05, 3.63) is 41.1 Å². The molecule has 0 bridgehead atoms. The van der Waals surface area contributed by atoms with Gasteiger partial charge in [0.1, 0.15) is 17.1 Å². The summed E-state index contributed by atoms with van der Waals surface area (Å²) in [6, 6.07) is 1.85. The SMILES string of the molecule is CCC[C@H](CO)NCCCS(=O)(=O)N1CCC(Nc2ncc(C(=O)c3c(OC)ccc(F)c3F)c(N)n2)CC1. The summed E-state index contributed by atoms with van der Waals surface area (Å²) in [7, 11) is -2.18. The molecular formula is C25H36F2N6O5S. The van der Waals surface area contributed by atoms with Crippen molar-refractivity contribution in [3.63, 3.8) is 0 Å². The number of aliphatic hydroxyl groups is 1. The Hall–Kier alpha value is -2.94. The molecule has 0 saturated carbocycles. The van der Waals surface area contributed by atoms with Gasteiger partial charge in [-0.1, -0.05) is 13.3 Å². The van der Waals surface area contributed by atoms with Crippen molar-refractivity contribution in [2.45, 2.75) is 51.1 Å². The lowest BCUT2D eigenvalue weighted by atomic mass is 10.0. The molecule has 1 aromatic heterocycles. The third-order valence-corrected chi connectivity index (χ3v) is 8.57. The average molecular weight is 571 g/mol. The van der Waals surface area contributed by atoms with Crippen LogP contribution in [-0.4, -0.2) is 84.8 Å². The van der Waals surface area contributed by atoms with Crippen molar-refractivity contribution >= 4 is 27.6 Å². The number of aromatic nitrogens is 2. The molecule has 0 spiro atoms. The molecule has 14 heteroatoms. The van der Waals surface area contributed by atoms with E-state index in [9.17, 15) is 27.1 Å². The number of ketones is 1. The van der Waals surface area contributed by atoms with Crippen LogP contribution in [0.1, 0.15) is 54.9 Å². The molecule has 1 saturated heterocycles. The molecule has 39 heavy (non-hydrogen) atoms. The van der Waals surface area contributed by atoms with E-state index >= 15 is 0 Å². The van der Waals surface area contributed by atoms with Gasteiger partial charge < -0.3 is 26.2 Å². The van der Waals surface area contributed by atoms with Crippen molar-refractivity contribution < 1.29 is 31.8 Å². The van der Waals surface area contributed by atoms with Gasteiger partial charge in [0.25, 0.3) is 0 Å². The molecule has 3 rings (SSSR count). The molecule has 1 atom stereocenters. The maximum atomic E-state index is 14.4. The van der Waals surface area contributed by atoms with Gasteiger partial charge in [-0.3, -0.25) is 4.79 Å². The van der Waals surface area contributed by atoms with Gasteiger partial charge in [-0.2, -0.15) is 4.98 Å². The smallest absolute Gasteiger partial charge is 0.224 e. The first-order valence-corrected chi connectivity index (χ1v) is 14.5. The van der Waals surface area contributed by atoms with Gasteiger partial charge in [0.05, 0.1) is 25.0 Å². The Morgan fingerprint density at radius 1 is 1.31 bits per heavy atom. The Morgan fingerprint density at radius 3 is 2.64 bits per heavy atom. The molecule has 1 aromatic carbocycles. The van der Waals surface area contributed by atoms with Crippen LogP contribution in [0, 0.1) is 11.6 Å². The van der Waals surface area contributed by atoms with E-state index in [0.717, 1.165) is 31.2 Å². The highest BCUT2D eigenvalue weighted by atomic mass is 32.2. The zero-order valence-electron chi connectivity index (χ0n) is 22.1. The minimum absolute atomic E-state index is 0.0201. The number of carbonyl (C=O) groups is 1. The number of nitrogens with two attached hydrogens (primary N) is 1. The normalized spacial score (nSPS) is 15.7. The summed E-state index contributed by atoms with van der Waals surface area (Å²) in [4.78, 5) is 21.1. The largest absolute Gasteiger partial charge is 0.496 e. The quantitative estimate of drug-likeness (QED) is 0.195. The first kappa shape index (κ1) is 30.6. The molecule has 1 fully saturated rings. The number of piperidine rings is 1. The molecule has 216 valence electrons. The van der Waals surface area contributed by atoms with E-state index in [1.54, 1.807) is 0 Å². The van der Waals surface area contributed by atoms with Gasteiger partial charge in [-0.15, -0.1) is 0 Å². The maximum Gasteiger partial charge on any atom is 0.224 e. The van der Waals surface area contributed by atoms with Gasteiger partial charge in [-0.05, 0) is 44.4 Å². The summed E-state index contributed by atoms with van der Waals surface area (Å²) in [6.07, 6.45) is 4.37. The van der Waals surface area contributed by atoms with E-state index in [2.05, 4.69) is 20.6 Å². The minimum atomic E-state index is -3.41. The van der Waals surface area contributed by atoms with Crippen LogP contribution in [0.4, 0.5) is 20.5 Å². The second-order valence-corrected chi connectivity index (χ2v) is 11.5. The highest BCUT2D eigenvalue weighted by molar-refractivity contribution is 7.89. The number of hydrogen-bond donors (Lipinski definition) is 4. The second kappa shape index (κ2) is 13.9. The topological polar surface area (TPSA) is 160 Å². The number of ether oxygens (including phenoxy) is 1. The lowest BCUT2D eigenvalue weighted by Crippen LogP contribution is -2.44. The number of methoxy groups -OCH3 is 1. The van der Waals surface area contributed by atoms with Gasteiger partial charge in [-0.25, -0.2) is 26.5 Å². The lowest BCUT2D eigenvalue weighted by Gasteiger charge is -2.31. The summed E-state index contributed by atoms with van der Waals surface area (Å²) < 4.78 is 60.0. The summed E-state index contributed by atoms with van der Waals surface area (Å²) in [5.41, 5.74) is 5.14. The molecule has 11 nitrogen and oxygen atoms in total. The molecule has 2 aromatic rings. The molecule has 1 aliphatic rings. The number of halogens is 2. The van der Waals surface area contributed by atoms with Crippen molar-refractivity contribution in [1.29, 1.82) is 0 Å². The third kappa shape index (κ3) is 7.81. The first-order valence-electron chi connectivity index (χ1n) is 12.9. The Kier molecular flexibility index (Phi) is 10.9. The monoisotopic (exact) mass is 570 g/mol. The fourth-order valence-electron chi connectivity index (χ4n) is 4.45. The van der Waals surface area contributed by atoms with E-state index in [-0.39, 0.29) is 47.5 Å². The fourth-order valence-corrected chi connectivity index (χ4v) is 5.98. The predicted octanol–water partition coefficient (Wildman–Crippen LogP) is 1.92. The predicted molar refractivity (Wildman–Crippen MR) is 143 cm³/mol.